The molecule has 16 heavy (non-hydrogen) atoms. The third-order valence-corrected chi connectivity index (χ3v) is 5.22. The molecule has 1 fully saturated rings. The van der Waals surface area contributed by atoms with E-state index in [1.807, 2.05) is 6.92 Å². The zero-order valence-electron chi connectivity index (χ0n) is 8.93. The molecule has 1 aromatic rings. The molecule has 0 radical (unpaired) electrons. The minimum absolute atomic E-state index is 0.116. The number of rotatable bonds is 3. The standard InChI is InChI=1S/C9H14ClN3O2S/c1-7-2-3-13(8(7)4-10)16(14,15)9-5-11-6-12-9/h5-8H,2-4H2,1H3,(H,11,12). The zero-order chi connectivity index (χ0) is 11.8. The highest BCUT2D eigenvalue weighted by molar-refractivity contribution is 7.89. The highest BCUT2D eigenvalue weighted by Gasteiger charge is 2.39. The molecule has 1 aliphatic rings. The van der Waals surface area contributed by atoms with E-state index in [0.29, 0.717) is 18.3 Å². The lowest BCUT2D eigenvalue weighted by Gasteiger charge is -2.23. The quantitative estimate of drug-likeness (QED) is 0.829. The summed E-state index contributed by atoms with van der Waals surface area (Å²) < 4.78 is 25.9. The number of nitrogens with one attached hydrogen (secondary N) is 1. The molecule has 0 spiro atoms. The van der Waals surface area contributed by atoms with Gasteiger partial charge in [-0.1, -0.05) is 6.92 Å². The first kappa shape index (κ1) is 11.9. The summed E-state index contributed by atoms with van der Waals surface area (Å²) in [6.45, 7) is 2.55. The van der Waals surface area contributed by atoms with E-state index in [9.17, 15) is 8.42 Å². The van der Waals surface area contributed by atoms with Crippen molar-refractivity contribution in [1.29, 1.82) is 0 Å². The van der Waals surface area contributed by atoms with Crippen molar-refractivity contribution < 1.29 is 8.42 Å². The Morgan fingerprint density at radius 1 is 1.69 bits per heavy atom. The van der Waals surface area contributed by atoms with Crippen LogP contribution in [0, 0.1) is 5.92 Å². The van der Waals surface area contributed by atoms with Crippen LogP contribution >= 0.6 is 11.6 Å². The molecule has 90 valence electrons. The first-order valence-electron chi connectivity index (χ1n) is 5.13. The molecule has 2 atom stereocenters. The zero-order valence-corrected chi connectivity index (χ0v) is 10.5. The van der Waals surface area contributed by atoms with E-state index in [4.69, 9.17) is 11.6 Å². The summed E-state index contributed by atoms with van der Waals surface area (Å²) in [5.74, 6) is 0.629. The molecule has 0 bridgehead atoms. The van der Waals surface area contributed by atoms with Crippen LogP contribution in [0.4, 0.5) is 0 Å². The molecule has 1 aliphatic heterocycles. The third-order valence-electron chi connectivity index (χ3n) is 3.05. The fourth-order valence-corrected chi connectivity index (χ4v) is 4.20. The molecule has 0 aliphatic carbocycles. The van der Waals surface area contributed by atoms with Gasteiger partial charge in [0.2, 0.25) is 0 Å². The van der Waals surface area contributed by atoms with Gasteiger partial charge >= 0.3 is 0 Å². The van der Waals surface area contributed by atoms with E-state index >= 15 is 0 Å². The predicted molar refractivity (Wildman–Crippen MR) is 60.8 cm³/mol. The molecule has 2 heterocycles. The Morgan fingerprint density at radius 3 is 3.00 bits per heavy atom. The van der Waals surface area contributed by atoms with Crippen LogP contribution in [-0.4, -0.2) is 41.2 Å². The van der Waals surface area contributed by atoms with Gasteiger partial charge in [-0.15, -0.1) is 11.6 Å². The Balaban J connectivity index is 2.32. The van der Waals surface area contributed by atoms with Crippen LogP contribution in [0.5, 0.6) is 0 Å². The van der Waals surface area contributed by atoms with Gasteiger partial charge < -0.3 is 4.98 Å². The second kappa shape index (κ2) is 4.35. The van der Waals surface area contributed by atoms with Crippen LogP contribution < -0.4 is 0 Å². The predicted octanol–water partition coefficient (Wildman–Crippen LogP) is 1.05. The maximum absolute atomic E-state index is 12.2. The summed E-state index contributed by atoms with van der Waals surface area (Å²) in [5, 5.41) is 0.136. The second-order valence-corrected chi connectivity index (χ2v) is 6.19. The maximum Gasteiger partial charge on any atom is 0.260 e. The molecule has 1 saturated heterocycles. The number of imidazole rings is 1. The summed E-state index contributed by atoms with van der Waals surface area (Å²) in [7, 11) is -3.46. The second-order valence-electron chi connectivity index (χ2n) is 4.02. The first-order chi connectivity index (χ1) is 7.57. The van der Waals surface area contributed by atoms with Crippen LogP contribution in [0.3, 0.4) is 0 Å². The lowest BCUT2D eigenvalue weighted by atomic mass is 10.1. The summed E-state index contributed by atoms with van der Waals surface area (Å²) in [6, 6.07) is -0.116. The van der Waals surface area contributed by atoms with Crippen LogP contribution in [0.1, 0.15) is 13.3 Å². The number of aromatic amines is 1. The van der Waals surface area contributed by atoms with Crippen molar-refractivity contribution >= 4 is 21.6 Å². The van der Waals surface area contributed by atoms with Gasteiger partial charge in [-0.05, 0) is 12.3 Å². The third kappa shape index (κ3) is 1.85. The smallest absolute Gasteiger partial charge is 0.260 e. The van der Waals surface area contributed by atoms with Crippen molar-refractivity contribution in [3.8, 4) is 0 Å². The van der Waals surface area contributed by atoms with Gasteiger partial charge in [0.25, 0.3) is 10.0 Å². The highest BCUT2D eigenvalue weighted by atomic mass is 35.5. The van der Waals surface area contributed by atoms with E-state index < -0.39 is 10.0 Å². The Bertz CT molecular complexity index is 445. The molecule has 0 saturated carbocycles. The summed E-state index contributed by atoms with van der Waals surface area (Å²) in [4.78, 5) is 6.37. The van der Waals surface area contributed by atoms with Gasteiger partial charge in [0, 0.05) is 18.5 Å². The largest absolute Gasteiger partial charge is 0.335 e. The number of H-pyrrole nitrogens is 1. The molecule has 1 N–H and O–H groups in total. The van der Waals surface area contributed by atoms with Gasteiger partial charge in [-0.25, -0.2) is 13.4 Å². The molecule has 7 heteroatoms. The number of alkyl halides is 1. The van der Waals surface area contributed by atoms with Crippen molar-refractivity contribution in [1.82, 2.24) is 14.3 Å². The number of nitrogens with zero attached hydrogens (tertiary/aromatic N) is 2. The lowest BCUT2D eigenvalue weighted by Crippen LogP contribution is -2.38. The van der Waals surface area contributed by atoms with Gasteiger partial charge in [-0.3, -0.25) is 0 Å². The molecule has 0 amide bonds. The lowest BCUT2D eigenvalue weighted by molar-refractivity contribution is 0.374. The number of sulfonamides is 1. The van der Waals surface area contributed by atoms with Crippen molar-refractivity contribution in [2.45, 2.75) is 24.4 Å². The Hall–Kier alpha value is -0.590. The monoisotopic (exact) mass is 263 g/mol. The van der Waals surface area contributed by atoms with Crippen molar-refractivity contribution in [2.75, 3.05) is 12.4 Å². The van der Waals surface area contributed by atoms with Crippen molar-refractivity contribution in [3.05, 3.63) is 12.5 Å². The number of aromatic nitrogens is 2. The van der Waals surface area contributed by atoms with E-state index in [1.165, 1.54) is 16.8 Å². The minimum atomic E-state index is -3.46. The van der Waals surface area contributed by atoms with Crippen LogP contribution in [0.15, 0.2) is 17.6 Å². The summed E-state index contributed by atoms with van der Waals surface area (Å²) in [5.41, 5.74) is 0. The normalized spacial score (nSPS) is 27.4. The number of hydrogen-bond donors (Lipinski definition) is 1. The molecule has 2 unspecified atom stereocenters. The molecular weight excluding hydrogens is 250 g/mol. The maximum atomic E-state index is 12.2. The van der Waals surface area contributed by atoms with E-state index in [2.05, 4.69) is 9.97 Å². The van der Waals surface area contributed by atoms with Crippen LogP contribution in [0.25, 0.3) is 0 Å². The van der Waals surface area contributed by atoms with Gasteiger partial charge in [-0.2, -0.15) is 4.31 Å². The Kier molecular flexibility index (Phi) is 3.23. The summed E-state index contributed by atoms with van der Waals surface area (Å²) in [6.07, 6.45) is 3.54. The summed E-state index contributed by atoms with van der Waals surface area (Å²) >= 11 is 5.83. The van der Waals surface area contributed by atoms with E-state index in [1.54, 1.807) is 0 Å². The average molecular weight is 264 g/mol. The SMILES string of the molecule is CC1CCN(S(=O)(=O)c2cnc[nH]2)C1CCl. The molecule has 5 nitrogen and oxygen atoms in total. The Labute approximate surface area is 99.9 Å². The van der Waals surface area contributed by atoms with Crippen LogP contribution in [-0.2, 0) is 10.0 Å². The van der Waals surface area contributed by atoms with Gasteiger partial charge in [0.05, 0.1) is 12.5 Å². The van der Waals surface area contributed by atoms with Crippen molar-refractivity contribution in [2.24, 2.45) is 5.92 Å². The van der Waals surface area contributed by atoms with E-state index in [0.717, 1.165) is 6.42 Å². The molecule has 1 aromatic heterocycles. The molecule has 2 rings (SSSR count). The Morgan fingerprint density at radius 2 is 2.44 bits per heavy atom. The topological polar surface area (TPSA) is 66.1 Å². The van der Waals surface area contributed by atoms with Gasteiger partial charge in [0.15, 0.2) is 5.03 Å². The van der Waals surface area contributed by atoms with Crippen molar-refractivity contribution in [3.63, 3.8) is 0 Å². The molecule has 0 aromatic carbocycles. The average Bonchev–Trinajstić information content (AvgIpc) is 2.85. The first-order valence-corrected chi connectivity index (χ1v) is 7.11. The number of hydrogen-bond acceptors (Lipinski definition) is 3. The van der Waals surface area contributed by atoms with E-state index in [-0.39, 0.29) is 11.1 Å². The minimum Gasteiger partial charge on any atom is -0.335 e. The highest BCUT2D eigenvalue weighted by Crippen LogP contribution is 2.29. The number of halogens is 1. The van der Waals surface area contributed by atoms with Gasteiger partial charge in [0.1, 0.15) is 0 Å². The molecular formula is C9H14ClN3O2S. The fourth-order valence-electron chi connectivity index (χ4n) is 2.01. The fraction of sp³-hybridized carbons (Fsp3) is 0.667. The van der Waals surface area contributed by atoms with Crippen LogP contribution in [0.2, 0.25) is 0 Å².